The first-order valence-corrected chi connectivity index (χ1v) is 7.54. The van der Waals surface area contributed by atoms with Gasteiger partial charge in [-0.15, -0.1) is 0 Å². The van der Waals surface area contributed by atoms with Gasteiger partial charge >= 0.3 is 0 Å². The number of ether oxygens (including phenoxy) is 1. The van der Waals surface area contributed by atoms with Gasteiger partial charge in [-0.2, -0.15) is 5.26 Å². The van der Waals surface area contributed by atoms with E-state index in [0.717, 1.165) is 5.56 Å². The summed E-state index contributed by atoms with van der Waals surface area (Å²) in [6.07, 6.45) is 1.38. The summed E-state index contributed by atoms with van der Waals surface area (Å²) in [6.45, 7) is 0.417. The fourth-order valence-corrected chi connectivity index (χ4v) is 2.13. The monoisotopic (exact) mass is 341 g/mol. The largest absolute Gasteiger partial charge is 0.497 e. The Bertz CT molecular complexity index is 780. The van der Waals surface area contributed by atoms with Crippen molar-refractivity contribution >= 4 is 23.2 Å². The third-order valence-corrected chi connectivity index (χ3v) is 3.58. The molecule has 2 rings (SSSR count). The van der Waals surface area contributed by atoms with E-state index in [1.807, 2.05) is 24.3 Å². The third-order valence-electron chi connectivity index (χ3n) is 3.21. The van der Waals surface area contributed by atoms with E-state index in [2.05, 4.69) is 10.6 Å². The standard InChI is InChI=1S/C18H16ClN3O2/c1-24-16-8-6-15(7-9-16)22-18(23)14(10-20)12-21-11-13-4-2-3-5-17(13)19/h2-9,12,21H,11H2,1H3,(H,22,23)/b14-12-. The predicted octanol–water partition coefficient (Wildman–Crippen LogP) is 3.48. The van der Waals surface area contributed by atoms with Gasteiger partial charge in [-0.1, -0.05) is 29.8 Å². The normalized spacial score (nSPS) is 10.6. The molecule has 0 saturated heterocycles. The first kappa shape index (κ1) is 17.4. The highest BCUT2D eigenvalue weighted by Gasteiger charge is 2.09. The number of benzene rings is 2. The van der Waals surface area contributed by atoms with E-state index < -0.39 is 5.91 Å². The van der Waals surface area contributed by atoms with Gasteiger partial charge in [0, 0.05) is 23.5 Å². The summed E-state index contributed by atoms with van der Waals surface area (Å²) >= 11 is 6.05. The van der Waals surface area contributed by atoms with Crippen LogP contribution in [0.25, 0.3) is 0 Å². The van der Waals surface area contributed by atoms with Crippen molar-refractivity contribution in [2.45, 2.75) is 6.54 Å². The summed E-state index contributed by atoms with van der Waals surface area (Å²) in [4.78, 5) is 12.1. The van der Waals surface area contributed by atoms with E-state index in [4.69, 9.17) is 21.6 Å². The highest BCUT2D eigenvalue weighted by Crippen LogP contribution is 2.16. The van der Waals surface area contributed by atoms with Crippen molar-refractivity contribution in [2.75, 3.05) is 12.4 Å². The van der Waals surface area contributed by atoms with Crippen LogP contribution in [-0.4, -0.2) is 13.0 Å². The van der Waals surface area contributed by atoms with Gasteiger partial charge in [0.25, 0.3) is 5.91 Å². The number of halogens is 1. The van der Waals surface area contributed by atoms with E-state index >= 15 is 0 Å². The lowest BCUT2D eigenvalue weighted by atomic mass is 10.2. The quantitative estimate of drug-likeness (QED) is 0.623. The maximum atomic E-state index is 12.1. The number of nitrogens with zero attached hydrogens (tertiary/aromatic N) is 1. The molecular weight excluding hydrogens is 326 g/mol. The van der Waals surface area contributed by atoms with Crippen LogP contribution in [-0.2, 0) is 11.3 Å². The number of methoxy groups -OCH3 is 1. The molecular formula is C18H16ClN3O2. The second-order valence-electron chi connectivity index (χ2n) is 4.82. The lowest BCUT2D eigenvalue weighted by Gasteiger charge is -2.07. The van der Waals surface area contributed by atoms with Crippen LogP contribution in [0.2, 0.25) is 5.02 Å². The molecule has 0 unspecified atom stereocenters. The summed E-state index contributed by atoms with van der Waals surface area (Å²) in [5, 5.41) is 15.3. The molecule has 0 aliphatic carbocycles. The number of anilines is 1. The van der Waals surface area contributed by atoms with E-state index in [1.54, 1.807) is 37.4 Å². The Labute approximate surface area is 145 Å². The van der Waals surface area contributed by atoms with Gasteiger partial charge in [-0.25, -0.2) is 0 Å². The minimum Gasteiger partial charge on any atom is -0.497 e. The van der Waals surface area contributed by atoms with Crippen LogP contribution < -0.4 is 15.4 Å². The molecule has 0 aromatic heterocycles. The van der Waals surface area contributed by atoms with E-state index in [-0.39, 0.29) is 5.57 Å². The Morgan fingerprint density at radius 1 is 1.25 bits per heavy atom. The molecule has 2 aromatic carbocycles. The zero-order valence-corrected chi connectivity index (χ0v) is 13.8. The molecule has 2 aromatic rings. The minimum absolute atomic E-state index is 0.0297. The van der Waals surface area contributed by atoms with Crippen molar-refractivity contribution in [3.63, 3.8) is 0 Å². The van der Waals surface area contributed by atoms with Crippen molar-refractivity contribution in [1.82, 2.24) is 5.32 Å². The van der Waals surface area contributed by atoms with Crippen LogP contribution in [0.4, 0.5) is 5.69 Å². The van der Waals surface area contributed by atoms with Gasteiger partial charge in [0.05, 0.1) is 7.11 Å². The van der Waals surface area contributed by atoms with E-state index in [1.165, 1.54) is 6.20 Å². The smallest absolute Gasteiger partial charge is 0.267 e. The molecule has 0 bridgehead atoms. The Hall–Kier alpha value is -2.97. The molecule has 0 heterocycles. The summed E-state index contributed by atoms with van der Waals surface area (Å²) in [5.41, 5.74) is 1.43. The van der Waals surface area contributed by atoms with Crippen LogP contribution in [0.3, 0.4) is 0 Å². The van der Waals surface area contributed by atoms with Gasteiger partial charge in [0.1, 0.15) is 17.4 Å². The van der Waals surface area contributed by atoms with Crippen molar-refractivity contribution in [2.24, 2.45) is 0 Å². The predicted molar refractivity (Wildman–Crippen MR) is 93.6 cm³/mol. The molecule has 0 saturated carbocycles. The second-order valence-corrected chi connectivity index (χ2v) is 5.23. The lowest BCUT2D eigenvalue weighted by molar-refractivity contribution is -0.112. The number of hydrogen-bond donors (Lipinski definition) is 2. The first-order chi connectivity index (χ1) is 11.6. The maximum absolute atomic E-state index is 12.1. The third kappa shape index (κ3) is 4.77. The molecule has 0 fully saturated rings. The Morgan fingerprint density at radius 2 is 1.96 bits per heavy atom. The second kappa shape index (κ2) is 8.61. The van der Waals surface area contributed by atoms with Crippen LogP contribution in [0, 0.1) is 11.3 Å². The molecule has 0 radical (unpaired) electrons. The van der Waals surface area contributed by atoms with Crippen molar-refractivity contribution in [3.8, 4) is 11.8 Å². The molecule has 0 spiro atoms. The average molecular weight is 342 g/mol. The van der Waals surface area contributed by atoms with Crippen LogP contribution in [0.1, 0.15) is 5.56 Å². The highest BCUT2D eigenvalue weighted by atomic mass is 35.5. The Morgan fingerprint density at radius 3 is 2.58 bits per heavy atom. The molecule has 0 aliphatic heterocycles. The van der Waals surface area contributed by atoms with Gasteiger partial charge in [0.15, 0.2) is 0 Å². The topological polar surface area (TPSA) is 74.1 Å². The zero-order chi connectivity index (χ0) is 17.4. The van der Waals surface area contributed by atoms with Crippen LogP contribution in [0.5, 0.6) is 5.75 Å². The number of carbonyl (C=O) groups excluding carboxylic acids is 1. The average Bonchev–Trinajstić information content (AvgIpc) is 2.60. The van der Waals surface area contributed by atoms with Gasteiger partial charge in [-0.05, 0) is 35.9 Å². The Balaban J connectivity index is 1.97. The summed E-state index contributed by atoms with van der Waals surface area (Å²) in [6, 6.07) is 16.1. The van der Waals surface area contributed by atoms with Crippen LogP contribution in [0.15, 0.2) is 60.3 Å². The van der Waals surface area contributed by atoms with Crippen molar-refractivity contribution in [3.05, 3.63) is 70.9 Å². The van der Waals surface area contributed by atoms with Gasteiger partial charge < -0.3 is 15.4 Å². The van der Waals surface area contributed by atoms with E-state index in [0.29, 0.717) is 23.0 Å². The molecule has 0 atom stereocenters. The maximum Gasteiger partial charge on any atom is 0.267 e. The molecule has 122 valence electrons. The highest BCUT2D eigenvalue weighted by molar-refractivity contribution is 6.31. The number of nitriles is 1. The zero-order valence-electron chi connectivity index (χ0n) is 13.0. The summed E-state index contributed by atoms with van der Waals surface area (Å²) < 4.78 is 5.05. The number of carbonyl (C=O) groups is 1. The SMILES string of the molecule is COc1ccc(NC(=O)/C(C#N)=C\NCc2ccccc2Cl)cc1. The summed E-state index contributed by atoms with van der Waals surface area (Å²) in [5.74, 6) is 0.194. The molecule has 5 nitrogen and oxygen atoms in total. The minimum atomic E-state index is -0.491. The van der Waals surface area contributed by atoms with Crippen LogP contribution >= 0.6 is 11.6 Å². The molecule has 1 amide bonds. The molecule has 2 N–H and O–H groups in total. The lowest BCUT2D eigenvalue weighted by Crippen LogP contribution is -2.16. The van der Waals surface area contributed by atoms with Crippen molar-refractivity contribution < 1.29 is 9.53 Å². The van der Waals surface area contributed by atoms with E-state index in [9.17, 15) is 4.79 Å². The Kier molecular flexibility index (Phi) is 6.23. The fraction of sp³-hybridized carbons (Fsp3) is 0.111. The van der Waals surface area contributed by atoms with Gasteiger partial charge in [0.2, 0.25) is 0 Å². The molecule has 6 heteroatoms. The molecule has 0 aliphatic rings. The van der Waals surface area contributed by atoms with Gasteiger partial charge in [-0.3, -0.25) is 4.79 Å². The number of hydrogen-bond acceptors (Lipinski definition) is 4. The number of rotatable bonds is 6. The summed E-state index contributed by atoms with van der Waals surface area (Å²) in [7, 11) is 1.56. The van der Waals surface area contributed by atoms with Crippen molar-refractivity contribution in [1.29, 1.82) is 5.26 Å². The number of nitrogens with one attached hydrogen (secondary N) is 2. The fourth-order valence-electron chi connectivity index (χ4n) is 1.93. The first-order valence-electron chi connectivity index (χ1n) is 7.16. The molecule has 24 heavy (non-hydrogen) atoms. The number of amides is 1.